The zero-order chi connectivity index (χ0) is 24.3. The summed E-state index contributed by atoms with van der Waals surface area (Å²) in [4.78, 5) is 5.73. The summed E-state index contributed by atoms with van der Waals surface area (Å²) in [6, 6.07) is 16.3. The molecule has 4 aromatic carbocycles. The van der Waals surface area contributed by atoms with Gasteiger partial charge in [0.15, 0.2) is 0 Å². The highest BCUT2D eigenvalue weighted by Crippen LogP contribution is 2.35. The SMILES string of the molecule is Cc1c(O)ccc2ccc(SOONc3cc(S(=O)(=O)O)c4cccc(SOOO)c4c3)cc12. The average Bonchev–Trinajstić information content (AvgIpc) is 2.82. The number of benzene rings is 4. The molecule has 0 saturated heterocycles. The third-order valence-corrected chi connectivity index (χ3v) is 7.05. The molecule has 0 bridgehead atoms. The van der Waals surface area contributed by atoms with Gasteiger partial charge in [0.25, 0.3) is 10.1 Å². The van der Waals surface area contributed by atoms with Crippen LogP contribution in [0.5, 0.6) is 5.75 Å². The van der Waals surface area contributed by atoms with E-state index in [-0.39, 0.29) is 21.7 Å². The lowest BCUT2D eigenvalue weighted by atomic mass is 10.1. The second kappa shape index (κ2) is 10.4. The van der Waals surface area contributed by atoms with Crippen molar-refractivity contribution >= 4 is 61.4 Å². The van der Waals surface area contributed by atoms with Gasteiger partial charge in [-0.2, -0.15) is 8.42 Å². The largest absolute Gasteiger partial charge is 0.508 e. The summed E-state index contributed by atoms with van der Waals surface area (Å²) >= 11 is 1.53. The predicted molar refractivity (Wildman–Crippen MR) is 126 cm³/mol. The van der Waals surface area contributed by atoms with E-state index in [9.17, 15) is 18.1 Å². The molecule has 0 aliphatic heterocycles. The van der Waals surface area contributed by atoms with E-state index in [0.29, 0.717) is 27.2 Å². The fraction of sp³-hybridized carbons (Fsp3) is 0.0476. The number of hydrogen-bond donors (Lipinski definition) is 4. The summed E-state index contributed by atoms with van der Waals surface area (Å²) in [7, 11) is -4.58. The van der Waals surface area contributed by atoms with Crippen molar-refractivity contribution in [1.82, 2.24) is 0 Å². The molecule has 0 heterocycles. The molecular formula is C21H17NO9S3. The third kappa shape index (κ3) is 5.38. The van der Waals surface area contributed by atoms with E-state index in [0.717, 1.165) is 28.4 Å². The number of phenols is 1. The zero-order valence-corrected chi connectivity index (χ0v) is 19.7. The highest BCUT2D eigenvalue weighted by molar-refractivity contribution is 7.95. The first-order valence-electron chi connectivity index (χ1n) is 9.45. The molecule has 178 valence electrons. The molecule has 34 heavy (non-hydrogen) atoms. The minimum atomic E-state index is -4.58. The van der Waals surface area contributed by atoms with E-state index in [2.05, 4.69) is 14.9 Å². The molecule has 0 spiro atoms. The second-order valence-electron chi connectivity index (χ2n) is 6.96. The van der Waals surface area contributed by atoms with E-state index in [4.69, 9.17) is 14.6 Å². The van der Waals surface area contributed by atoms with Crippen LogP contribution in [-0.4, -0.2) is 23.3 Å². The van der Waals surface area contributed by atoms with Crippen molar-refractivity contribution in [3.63, 3.8) is 0 Å². The molecule has 0 fully saturated rings. The van der Waals surface area contributed by atoms with Gasteiger partial charge in [-0.1, -0.05) is 29.3 Å². The summed E-state index contributed by atoms with van der Waals surface area (Å²) in [5, 5.41) is 24.3. The quantitative estimate of drug-likeness (QED) is 0.0706. The summed E-state index contributed by atoms with van der Waals surface area (Å²) in [5.41, 5.74) is 3.36. The van der Waals surface area contributed by atoms with E-state index < -0.39 is 10.1 Å². The van der Waals surface area contributed by atoms with Crippen molar-refractivity contribution in [1.29, 1.82) is 0 Å². The van der Waals surface area contributed by atoms with Gasteiger partial charge in [-0.3, -0.25) is 4.55 Å². The van der Waals surface area contributed by atoms with Gasteiger partial charge in [0, 0.05) is 20.6 Å². The zero-order valence-electron chi connectivity index (χ0n) is 17.3. The normalized spacial score (nSPS) is 11.9. The smallest absolute Gasteiger partial charge is 0.295 e. The first kappa shape index (κ1) is 24.5. The standard InChI is InChI=1S/C21H17NO9S3/c1-12-17-11-15(7-5-13(17)6-8-19(12)23)32-30-28-22-14-9-18-16(21(10-14)34(25,26)27)3-2-4-20(18)33-31-29-24/h2-11,22-24H,1H3,(H,25,26,27). The molecule has 0 aliphatic carbocycles. The first-order chi connectivity index (χ1) is 16.3. The van der Waals surface area contributed by atoms with Gasteiger partial charge < -0.3 is 5.11 Å². The molecule has 0 unspecified atom stereocenters. The molecule has 0 aromatic heterocycles. The van der Waals surface area contributed by atoms with Gasteiger partial charge in [-0.25, -0.2) is 10.7 Å². The maximum absolute atomic E-state index is 11.9. The molecule has 0 radical (unpaired) electrons. The van der Waals surface area contributed by atoms with Crippen molar-refractivity contribution in [2.45, 2.75) is 21.6 Å². The Balaban J connectivity index is 1.53. The third-order valence-electron chi connectivity index (χ3n) is 4.91. The molecule has 0 saturated carbocycles. The first-order valence-corrected chi connectivity index (χ1v) is 12.4. The topological polar surface area (TPSA) is 144 Å². The molecule has 13 heteroatoms. The Morgan fingerprint density at radius 2 is 1.71 bits per heavy atom. The summed E-state index contributed by atoms with van der Waals surface area (Å²) < 4.78 is 43.1. The Hall–Kier alpha value is -2.59. The molecule has 0 amide bonds. The molecule has 4 rings (SSSR count). The molecule has 4 N–H and O–H groups in total. The van der Waals surface area contributed by atoms with Crippen LogP contribution in [-0.2, 0) is 28.8 Å². The number of hydrogen-bond acceptors (Lipinski definition) is 11. The van der Waals surface area contributed by atoms with Crippen LogP contribution < -0.4 is 5.48 Å². The Kier molecular flexibility index (Phi) is 7.47. The fourth-order valence-corrected chi connectivity index (χ4v) is 5.00. The van der Waals surface area contributed by atoms with Crippen molar-refractivity contribution in [2.24, 2.45) is 0 Å². The number of aromatic hydroxyl groups is 1. The Labute approximate surface area is 202 Å². The number of nitrogens with one attached hydrogen (secondary N) is 1. The molecule has 0 atom stereocenters. The molecule has 0 aliphatic rings. The van der Waals surface area contributed by atoms with E-state index >= 15 is 0 Å². The highest BCUT2D eigenvalue weighted by atomic mass is 32.2. The van der Waals surface area contributed by atoms with Crippen LogP contribution in [0.4, 0.5) is 5.69 Å². The lowest BCUT2D eigenvalue weighted by Crippen LogP contribution is -2.04. The Morgan fingerprint density at radius 3 is 2.47 bits per heavy atom. The summed E-state index contributed by atoms with van der Waals surface area (Å²) in [6.45, 7) is 1.81. The van der Waals surface area contributed by atoms with Gasteiger partial charge in [0.2, 0.25) is 0 Å². The Bertz CT molecular complexity index is 1460. The van der Waals surface area contributed by atoms with Gasteiger partial charge in [0.05, 0.1) is 29.8 Å². The van der Waals surface area contributed by atoms with Crippen molar-refractivity contribution < 1.29 is 42.0 Å². The van der Waals surface area contributed by atoms with Crippen LogP contribution in [0.3, 0.4) is 0 Å². The van der Waals surface area contributed by atoms with Gasteiger partial charge in [0.1, 0.15) is 10.6 Å². The van der Waals surface area contributed by atoms with Crippen LogP contribution in [0.25, 0.3) is 21.5 Å². The fourth-order valence-electron chi connectivity index (χ4n) is 3.33. The summed E-state index contributed by atoms with van der Waals surface area (Å²) in [5.74, 6) is 0.188. The number of anilines is 1. The molecule has 10 nitrogen and oxygen atoms in total. The van der Waals surface area contributed by atoms with Crippen LogP contribution in [0.1, 0.15) is 5.56 Å². The van der Waals surface area contributed by atoms with Crippen LogP contribution in [0.2, 0.25) is 0 Å². The van der Waals surface area contributed by atoms with E-state index in [1.54, 1.807) is 18.2 Å². The number of rotatable bonds is 9. The maximum atomic E-state index is 11.9. The van der Waals surface area contributed by atoms with Gasteiger partial charge >= 0.3 is 0 Å². The number of phenolic OH excluding ortho intramolecular Hbond substituents is 1. The van der Waals surface area contributed by atoms with Crippen molar-refractivity contribution in [3.8, 4) is 5.75 Å². The minimum Gasteiger partial charge on any atom is -0.508 e. The van der Waals surface area contributed by atoms with Crippen molar-refractivity contribution in [3.05, 3.63) is 66.2 Å². The van der Waals surface area contributed by atoms with Gasteiger partial charge in [-0.05, 0) is 59.7 Å². The second-order valence-corrected chi connectivity index (χ2v) is 9.86. The number of aryl methyl sites for hydroxylation is 1. The lowest BCUT2D eigenvalue weighted by molar-refractivity contribution is -0.432. The van der Waals surface area contributed by atoms with E-state index in [1.165, 1.54) is 18.2 Å². The maximum Gasteiger partial charge on any atom is 0.295 e. The van der Waals surface area contributed by atoms with Crippen molar-refractivity contribution in [2.75, 3.05) is 5.48 Å². The summed E-state index contributed by atoms with van der Waals surface area (Å²) in [6.07, 6.45) is 0. The monoisotopic (exact) mass is 523 g/mol. The molecular weight excluding hydrogens is 506 g/mol. The van der Waals surface area contributed by atoms with Crippen LogP contribution in [0, 0.1) is 6.92 Å². The highest BCUT2D eigenvalue weighted by Gasteiger charge is 2.18. The predicted octanol–water partition coefficient (Wildman–Crippen LogP) is 5.66. The van der Waals surface area contributed by atoms with Crippen LogP contribution in [0.15, 0.2) is 75.4 Å². The number of fused-ring (bicyclic) bond motifs is 2. The van der Waals surface area contributed by atoms with Crippen LogP contribution >= 0.6 is 24.1 Å². The molecule has 4 aromatic rings. The van der Waals surface area contributed by atoms with E-state index in [1.807, 2.05) is 31.2 Å². The minimum absolute atomic E-state index is 0.151. The van der Waals surface area contributed by atoms with Gasteiger partial charge in [-0.15, -0.1) is 13.7 Å². The average molecular weight is 524 g/mol. The Morgan fingerprint density at radius 1 is 0.912 bits per heavy atom. The lowest BCUT2D eigenvalue weighted by Gasteiger charge is -2.12.